The van der Waals surface area contributed by atoms with Gasteiger partial charge < -0.3 is 14.9 Å². The lowest BCUT2D eigenvalue weighted by Crippen LogP contribution is -2.12. The Bertz CT molecular complexity index is 540. The number of aromatic nitrogens is 1. The molecule has 1 aromatic carbocycles. The van der Waals surface area contributed by atoms with E-state index in [1.54, 1.807) is 25.6 Å². The lowest BCUT2D eigenvalue weighted by Gasteiger charge is -2.08. The van der Waals surface area contributed by atoms with Crippen LogP contribution in [-0.2, 0) is 5.75 Å². The van der Waals surface area contributed by atoms with Crippen LogP contribution in [0.5, 0.6) is 5.75 Å². The second-order valence-electron chi connectivity index (χ2n) is 3.53. The molecule has 94 valence electrons. The first kappa shape index (κ1) is 12.5. The number of hydrogen-bond donors (Lipinski definition) is 2. The Morgan fingerprint density at radius 3 is 3.00 bits per heavy atom. The number of thioether (sulfide) groups is 1. The molecule has 0 unspecified atom stereocenters. The predicted molar refractivity (Wildman–Crippen MR) is 70.1 cm³/mol. The van der Waals surface area contributed by atoms with Gasteiger partial charge in [-0.2, -0.15) is 0 Å². The minimum Gasteiger partial charge on any atom is -0.496 e. The standard InChI is InChI=1S/C12H13N3O2S/c1-16-10-6-8(2-3-9(10)11(13)14)7-18-12-15-4-5-17-12/h2-6H,7H2,1H3,(H3,13,14). The van der Waals surface area contributed by atoms with Crippen LogP contribution in [0.1, 0.15) is 11.1 Å². The monoisotopic (exact) mass is 263 g/mol. The first-order valence-corrected chi connectivity index (χ1v) is 6.23. The van der Waals surface area contributed by atoms with Crippen LogP contribution in [0.3, 0.4) is 0 Å². The van der Waals surface area contributed by atoms with Gasteiger partial charge in [-0.15, -0.1) is 0 Å². The Balaban J connectivity index is 2.12. The molecule has 6 heteroatoms. The minimum absolute atomic E-state index is 0.00115. The average molecular weight is 263 g/mol. The zero-order valence-corrected chi connectivity index (χ0v) is 10.7. The molecule has 0 fully saturated rings. The van der Waals surface area contributed by atoms with Crippen LogP contribution in [0.2, 0.25) is 0 Å². The van der Waals surface area contributed by atoms with Gasteiger partial charge in [-0.1, -0.05) is 17.8 Å². The van der Waals surface area contributed by atoms with Crippen LogP contribution < -0.4 is 10.5 Å². The van der Waals surface area contributed by atoms with Crippen LogP contribution in [0, 0.1) is 5.41 Å². The van der Waals surface area contributed by atoms with Crippen molar-refractivity contribution in [3.8, 4) is 5.75 Å². The number of benzene rings is 1. The highest BCUT2D eigenvalue weighted by Crippen LogP contribution is 2.25. The van der Waals surface area contributed by atoms with Gasteiger partial charge in [0.25, 0.3) is 5.22 Å². The number of rotatable bonds is 5. The van der Waals surface area contributed by atoms with Gasteiger partial charge in [0, 0.05) is 5.75 Å². The number of nitrogen functional groups attached to an aromatic ring is 1. The quantitative estimate of drug-likeness (QED) is 0.491. The van der Waals surface area contributed by atoms with Crippen molar-refractivity contribution in [3.05, 3.63) is 41.8 Å². The summed E-state index contributed by atoms with van der Waals surface area (Å²) in [6, 6.07) is 5.56. The third kappa shape index (κ3) is 2.84. The van der Waals surface area contributed by atoms with Crippen LogP contribution >= 0.6 is 11.8 Å². The molecular weight excluding hydrogens is 250 g/mol. The highest BCUT2D eigenvalue weighted by Gasteiger charge is 2.08. The average Bonchev–Trinajstić information content (AvgIpc) is 2.88. The maximum atomic E-state index is 7.43. The number of methoxy groups -OCH3 is 1. The molecule has 0 saturated carbocycles. The number of hydrogen-bond acceptors (Lipinski definition) is 5. The first-order chi connectivity index (χ1) is 8.70. The summed E-state index contributed by atoms with van der Waals surface area (Å²) in [6.07, 6.45) is 3.16. The summed E-state index contributed by atoms with van der Waals surface area (Å²) in [4.78, 5) is 4.03. The highest BCUT2D eigenvalue weighted by atomic mass is 32.2. The molecule has 1 heterocycles. The van der Waals surface area contributed by atoms with E-state index in [4.69, 9.17) is 20.3 Å². The molecule has 0 aliphatic carbocycles. The van der Waals surface area contributed by atoms with Gasteiger partial charge in [0.05, 0.1) is 18.9 Å². The lowest BCUT2D eigenvalue weighted by atomic mass is 10.1. The molecular formula is C12H13N3O2S. The van der Waals surface area contributed by atoms with Gasteiger partial charge in [0.15, 0.2) is 0 Å². The topological polar surface area (TPSA) is 85.1 Å². The molecule has 0 radical (unpaired) electrons. The summed E-state index contributed by atoms with van der Waals surface area (Å²) < 4.78 is 10.4. The number of amidine groups is 1. The van der Waals surface area contributed by atoms with Gasteiger partial charge in [0.2, 0.25) is 0 Å². The Labute approximate surface area is 109 Å². The molecule has 2 aromatic rings. The van der Waals surface area contributed by atoms with Gasteiger partial charge in [-0.05, 0) is 17.7 Å². The third-order valence-corrected chi connectivity index (χ3v) is 3.25. The zero-order chi connectivity index (χ0) is 13.0. The van der Waals surface area contributed by atoms with Gasteiger partial charge in [0.1, 0.15) is 17.8 Å². The molecule has 1 aromatic heterocycles. The molecule has 0 atom stereocenters. The third-order valence-electron chi connectivity index (χ3n) is 2.33. The maximum Gasteiger partial charge on any atom is 0.255 e. The van der Waals surface area contributed by atoms with Crippen LogP contribution in [0.15, 0.2) is 40.3 Å². The normalized spacial score (nSPS) is 10.3. The van der Waals surface area contributed by atoms with Crippen molar-refractivity contribution in [2.75, 3.05) is 7.11 Å². The van der Waals surface area contributed by atoms with E-state index < -0.39 is 0 Å². The molecule has 5 nitrogen and oxygen atoms in total. The van der Waals surface area contributed by atoms with Crippen LogP contribution in [0.4, 0.5) is 0 Å². The van der Waals surface area contributed by atoms with Crippen LogP contribution in [0.25, 0.3) is 0 Å². The smallest absolute Gasteiger partial charge is 0.255 e. The largest absolute Gasteiger partial charge is 0.496 e. The SMILES string of the molecule is COc1cc(CSc2ncco2)ccc1C(=N)N. The Morgan fingerprint density at radius 1 is 1.56 bits per heavy atom. The van der Waals surface area contributed by atoms with Crippen molar-refractivity contribution in [1.82, 2.24) is 4.98 Å². The van der Waals surface area contributed by atoms with E-state index in [0.29, 0.717) is 16.5 Å². The zero-order valence-electron chi connectivity index (χ0n) is 9.84. The Hall–Kier alpha value is -1.95. The van der Waals surface area contributed by atoms with Gasteiger partial charge >= 0.3 is 0 Å². The fourth-order valence-electron chi connectivity index (χ4n) is 1.47. The van der Waals surface area contributed by atoms with E-state index in [1.165, 1.54) is 11.8 Å². The summed E-state index contributed by atoms with van der Waals surface area (Å²) in [5.41, 5.74) is 7.12. The van der Waals surface area contributed by atoms with Crippen molar-refractivity contribution in [2.24, 2.45) is 5.73 Å². The molecule has 0 aliphatic heterocycles. The van der Waals surface area contributed by atoms with Crippen LogP contribution in [-0.4, -0.2) is 17.9 Å². The molecule has 0 amide bonds. The minimum atomic E-state index is -0.00115. The second-order valence-corrected chi connectivity index (χ2v) is 4.46. The van der Waals surface area contributed by atoms with E-state index in [2.05, 4.69) is 4.98 Å². The molecule has 2 rings (SSSR count). The van der Waals surface area contributed by atoms with Crippen molar-refractivity contribution in [1.29, 1.82) is 5.41 Å². The molecule has 0 saturated heterocycles. The lowest BCUT2D eigenvalue weighted by molar-refractivity contribution is 0.413. The van der Waals surface area contributed by atoms with Gasteiger partial charge in [-0.25, -0.2) is 4.98 Å². The molecule has 18 heavy (non-hydrogen) atoms. The summed E-state index contributed by atoms with van der Waals surface area (Å²) in [7, 11) is 1.56. The number of nitrogens with one attached hydrogen (secondary N) is 1. The van der Waals surface area contributed by atoms with Crippen molar-refractivity contribution >= 4 is 17.6 Å². The van der Waals surface area contributed by atoms with E-state index in [1.807, 2.05) is 12.1 Å². The number of nitrogens with two attached hydrogens (primary N) is 1. The summed E-state index contributed by atoms with van der Waals surface area (Å²) >= 11 is 1.50. The summed E-state index contributed by atoms with van der Waals surface area (Å²) in [6.45, 7) is 0. The fourth-order valence-corrected chi connectivity index (χ4v) is 2.20. The van der Waals surface area contributed by atoms with Crippen molar-refractivity contribution < 1.29 is 9.15 Å². The van der Waals surface area contributed by atoms with E-state index >= 15 is 0 Å². The first-order valence-electron chi connectivity index (χ1n) is 5.24. The van der Waals surface area contributed by atoms with Crippen molar-refractivity contribution in [2.45, 2.75) is 11.0 Å². The molecule has 3 N–H and O–H groups in total. The van der Waals surface area contributed by atoms with E-state index in [9.17, 15) is 0 Å². The maximum absolute atomic E-state index is 7.43. The number of nitrogens with zero attached hydrogens (tertiary/aromatic N) is 1. The summed E-state index contributed by atoms with van der Waals surface area (Å²) in [5, 5.41) is 8.06. The Kier molecular flexibility index (Phi) is 3.88. The number of ether oxygens (including phenoxy) is 1. The molecule has 0 spiro atoms. The van der Waals surface area contributed by atoms with Crippen molar-refractivity contribution in [3.63, 3.8) is 0 Å². The highest BCUT2D eigenvalue weighted by molar-refractivity contribution is 7.98. The molecule has 0 bridgehead atoms. The second kappa shape index (κ2) is 5.59. The Morgan fingerprint density at radius 2 is 2.39 bits per heavy atom. The molecule has 0 aliphatic rings. The van der Waals surface area contributed by atoms with Gasteiger partial charge in [-0.3, -0.25) is 5.41 Å². The van der Waals surface area contributed by atoms with E-state index in [0.717, 1.165) is 11.3 Å². The van der Waals surface area contributed by atoms with E-state index in [-0.39, 0.29) is 5.84 Å². The number of oxazole rings is 1. The fraction of sp³-hybridized carbons (Fsp3) is 0.167. The predicted octanol–water partition coefficient (Wildman–Crippen LogP) is 2.26. The summed E-state index contributed by atoms with van der Waals surface area (Å²) in [5.74, 6) is 1.32.